The molecule has 0 spiro atoms. The lowest BCUT2D eigenvalue weighted by Gasteiger charge is -2.14. The number of hydrogen-bond donors (Lipinski definition) is 1. The minimum atomic E-state index is -3.67. The lowest BCUT2D eigenvalue weighted by Crippen LogP contribution is -2.27. The average Bonchev–Trinajstić information content (AvgIpc) is 3.05. The van der Waals surface area contributed by atoms with Crippen LogP contribution >= 0.6 is 0 Å². The molecule has 1 heterocycles. The van der Waals surface area contributed by atoms with E-state index < -0.39 is 10.0 Å². The quantitative estimate of drug-likeness (QED) is 0.625. The van der Waals surface area contributed by atoms with E-state index in [0.29, 0.717) is 17.9 Å². The van der Waals surface area contributed by atoms with Gasteiger partial charge in [0.1, 0.15) is 5.82 Å². The van der Waals surface area contributed by atoms with E-state index in [9.17, 15) is 8.42 Å². The SMILES string of the molecule is COc1ccc(S(=O)(=O)NCCc2nc3ccccc3n2C(C)C)cc1OC. The highest BCUT2D eigenvalue weighted by Crippen LogP contribution is 2.29. The predicted molar refractivity (Wildman–Crippen MR) is 109 cm³/mol. The normalized spacial score (nSPS) is 11.9. The number of fused-ring (bicyclic) bond motifs is 1. The monoisotopic (exact) mass is 403 g/mol. The molecule has 0 radical (unpaired) electrons. The first-order valence-corrected chi connectivity index (χ1v) is 10.5. The molecule has 28 heavy (non-hydrogen) atoms. The van der Waals surface area contributed by atoms with Crippen LogP contribution in [-0.4, -0.2) is 38.7 Å². The van der Waals surface area contributed by atoms with Crippen molar-refractivity contribution in [3.63, 3.8) is 0 Å². The van der Waals surface area contributed by atoms with Crippen molar-refractivity contribution in [3.8, 4) is 11.5 Å². The molecule has 3 rings (SSSR count). The number of para-hydroxylation sites is 2. The van der Waals surface area contributed by atoms with Crippen LogP contribution in [0.1, 0.15) is 25.7 Å². The summed E-state index contributed by atoms with van der Waals surface area (Å²) < 4.78 is 40.4. The van der Waals surface area contributed by atoms with Crippen LogP contribution in [0, 0.1) is 0 Å². The van der Waals surface area contributed by atoms with Gasteiger partial charge in [-0.25, -0.2) is 18.1 Å². The Morgan fingerprint density at radius 3 is 2.46 bits per heavy atom. The van der Waals surface area contributed by atoms with Gasteiger partial charge in [0, 0.05) is 25.1 Å². The summed E-state index contributed by atoms with van der Waals surface area (Å²) in [4.78, 5) is 4.80. The Kier molecular flexibility index (Phi) is 5.90. The molecular formula is C20H25N3O4S. The predicted octanol–water partition coefficient (Wildman–Crippen LogP) is 3.16. The van der Waals surface area contributed by atoms with Gasteiger partial charge in [0.15, 0.2) is 11.5 Å². The van der Waals surface area contributed by atoms with Gasteiger partial charge in [-0.3, -0.25) is 0 Å². The fourth-order valence-electron chi connectivity index (χ4n) is 3.21. The molecule has 0 unspecified atom stereocenters. The summed E-state index contributed by atoms with van der Waals surface area (Å²) in [6.45, 7) is 4.42. The number of benzene rings is 2. The molecule has 7 nitrogen and oxygen atoms in total. The van der Waals surface area contributed by atoms with Crippen LogP contribution in [0.3, 0.4) is 0 Å². The number of hydrogen-bond acceptors (Lipinski definition) is 5. The number of ether oxygens (including phenoxy) is 2. The number of imidazole rings is 1. The summed E-state index contributed by atoms with van der Waals surface area (Å²) in [6.07, 6.45) is 0.485. The Morgan fingerprint density at radius 2 is 1.79 bits per heavy atom. The highest BCUT2D eigenvalue weighted by atomic mass is 32.2. The fourth-order valence-corrected chi connectivity index (χ4v) is 4.26. The van der Waals surface area contributed by atoms with E-state index in [2.05, 4.69) is 28.1 Å². The van der Waals surface area contributed by atoms with Crippen molar-refractivity contribution in [3.05, 3.63) is 48.3 Å². The highest BCUT2D eigenvalue weighted by molar-refractivity contribution is 7.89. The van der Waals surface area contributed by atoms with Gasteiger partial charge in [0.05, 0.1) is 30.1 Å². The maximum Gasteiger partial charge on any atom is 0.240 e. The van der Waals surface area contributed by atoms with E-state index in [4.69, 9.17) is 9.47 Å². The lowest BCUT2D eigenvalue weighted by atomic mass is 10.3. The molecule has 0 aliphatic rings. The molecule has 0 saturated heterocycles. The molecule has 0 aliphatic heterocycles. The van der Waals surface area contributed by atoms with Crippen LogP contribution in [0.5, 0.6) is 11.5 Å². The topological polar surface area (TPSA) is 82.5 Å². The van der Waals surface area contributed by atoms with Gasteiger partial charge in [-0.1, -0.05) is 12.1 Å². The molecule has 2 aromatic carbocycles. The first kappa shape index (κ1) is 20.2. The summed E-state index contributed by atoms with van der Waals surface area (Å²) in [5.41, 5.74) is 1.96. The van der Waals surface area contributed by atoms with Gasteiger partial charge in [-0.15, -0.1) is 0 Å². The Hall–Kier alpha value is -2.58. The molecular weight excluding hydrogens is 378 g/mol. The third-order valence-corrected chi connectivity index (χ3v) is 5.95. The molecule has 0 fully saturated rings. The molecule has 0 atom stereocenters. The standard InChI is InChI=1S/C20H25N3O4S/c1-14(2)23-17-8-6-5-7-16(17)22-20(23)11-12-21-28(24,25)15-9-10-18(26-3)19(13-15)27-4/h5-10,13-14,21H,11-12H2,1-4H3. The summed E-state index contributed by atoms with van der Waals surface area (Å²) in [6, 6.07) is 12.7. The van der Waals surface area contributed by atoms with Crippen LogP contribution in [0.4, 0.5) is 0 Å². The van der Waals surface area contributed by atoms with Gasteiger partial charge in [-0.05, 0) is 38.1 Å². The lowest BCUT2D eigenvalue weighted by molar-refractivity contribution is 0.354. The zero-order valence-corrected chi connectivity index (χ0v) is 17.3. The van der Waals surface area contributed by atoms with E-state index in [-0.39, 0.29) is 17.5 Å². The average molecular weight is 404 g/mol. The fraction of sp³-hybridized carbons (Fsp3) is 0.350. The molecule has 150 valence electrons. The van der Waals surface area contributed by atoms with Crippen LogP contribution in [0.15, 0.2) is 47.4 Å². The van der Waals surface area contributed by atoms with Crippen LogP contribution < -0.4 is 14.2 Å². The van der Waals surface area contributed by atoms with Crippen molar-refractivity contribution in [2.75, 3.05) is 20.8 Å². The molecule has 0 amide bonds. The first-order chi connectivity index (χ1) is 13.4. The van der Waals surface area contributed by atoms with Crippen LogP contribution in [-0.2, 0) is 16.4 Å². The Labute approximate surface area is 165 Å². The number of methoxy groups -OCH3 is 2. The summed E-state index contributed by atoms with van der Waals surface area (Å²) >= 11 is 0. The van der Waals surface area contributed by atoms with Gasteiger partial charge in [0.25, 0.3) is 0 Å². The zero-order chi connectivity index (χ0) is 20.3. The van der Waals surface area contributed by atoms with Crippen LogP contribution in [0.2, 0.25) is 0 Å². The van der Waals surface area contributed by atoms with Crippen molar-refractivity contribution in [2.45, 2.75) is 31.2 Å². The Bertz CT molecular complexity index is 1070. The Balaban J connectivity index is 1.78. The van der Waals surface area contributed by atoms with Crippen molar-refractivity contribution in [2.24, 2.45) is 0 Å². The van der Waals surface area contributed by atoms with Crippen molar-refractivity contribution >= 4 is 21.1 Å². The van der Waals surface area contributed by atoms with Gasteiger partial charge < -0.3 is 14.0 Å². The maximum atomic E-state index is 12.6. The molecule has 8 heteroatoms. The van der Waals surface area contributed by atoms with Gasteiger partial charge in [0.2, 0.25) is 10.0 Å². The van der Waals surface area contributed by atoms with Crippen molar-refractivity contribution < 1.29 is 17.9 Å². The number of nitrogens with one attached hydrogen (secondary N) is 1. The van der Waals surface area contributed by atoms with Crippen molar-refractivity contribution in [1.29, 1.82) is 0 Å². The third kappa shape index (κ3) is 3.98. The third-order valence-electron chi connectivity index (χ3n) is 4.49. The minimum absolute atomic E-state index is 0.127. The molecule has 1 N–H and O–H groups in total. The summed E-state index contributed by atoms with van der Waals surface area (Å²) in [5, 5.41) is 0. The van der Waals surface area contributed by atoms with E-state index in [0.717, 1.165) is 16.9 Å². The second-order valence-corrected chi connectivity index (χ2v) is 8.41. The molecule has 0 bridgehead atoms. The number of nitrogens with zero attached hydrogens (tertiary/aromatic N) is 2. The molecule has 0 saturated carbocycles. The van der Waals surface area contributed by atoms with E-state index in [1.54, 1.807) is 6.07 Å². The van der Waals surface area contributed by atoms with E-state index in [1.165, 1.54) is 26.4 Å². The second kappa shape index (κ2) is 8.20. The van der Waals surface area contributed by atoms with Gasteiger partial charge in [-0.2, -0.15) is 0 Å². The van der Waals surface area contributed by atoms with Crippen molar-refractivity contribution in [1.82, 2.24) is 14.3 Å². The highest BCUT2D eigenvalue weighted by Gasteiger charge is 2.18. The zero-order valence-electron chi connectivity index (χ0n) is 16.5. The van der Waals surface area contributed by atoms with Gasteiger partial charge >= 0.3 is 0 Å². The minimum Gasteiger partial charge on any atom is -0.493 e. The molecule has 3 aromatic rings. The van der Waals surface area contributed by atoms with E-state index >= 15 is 0 Å². The largest absolute Gasteiger partial charge is 0.493 e. The number of aromatic nitrogens is 2. The molecule has 1 aromatic heterocycles. The second-order valence-electron chi connectivity index (χ2n) is 6.65. The maximum absolute atomic E-state index is 12.6. The van der Waals surface area contributed by atoms with Crippen LogP contribution in [0.25, 0.3) is 11.0 Å². The molecule has 0 aliphatic carbocycles. The summed E-state index contributed by atoms with van der Waals surface area (Å²) in [5.74, 6) is 1.70. The van der Waals surface area contributed by atoms with E-state index in [1.807, 2.05) is 24.3 Å². The number of sulfonamides is 1. The smallest absolute Gasteiger partial charge is 0.240 e. The summed E-state index contributed by atoms with van der Waals surface area (Å²) in [7, 11) is -0.698. The number of rotatable bonds is 8. The first-order valence-electron chi connectivity index (χ1n) is 9.05. The Morgan fingerprint density at radius 1 is 1.07 bits per heavy atom.